The molecular formula is C16H17BrN2O2S. The van der Waals surface area contributed by atoms with Gasteiger partial charge in [-0.3, -0.25) is 0 Å². The Morgan fingerprint density at radius 1 is 1.05 bits per heavy atom. The summed E-state index contributed by atoms with van der Waals surface area (Å²) in [4.78, 5) is 0. The normalized spacial score (nSPS) is 10.1. The van der Waals surface area contributed by atoms with Gasteiger partial charge in [-0.25, -0.2) is 0 Å². The van der Waals surface area contributed by atoms with Crippen LogP contribution < -0.4 is 15.4 Å². The Hall–Kier alpha value is -1.63. The first-order chi connectivity index (χ1) is 10.7. The van der Waals surface area contributed by atoms with Crippen LogP contribution in [0.5, 0.6) is 11.5 Å². The second-order valence-corrected chi connectivity index (χ2v) is 5.78. The van der Waals surface area contributed by atoms with Crippen molar-refractivity contribution in [3.05, 3.63) is 53.0 Å². The van der Waals surface area contributed by atoms with Gasteiger partial charge >= 0.3 is 0 Å². The highest BCUT2D eigenvalue weighted by atomic mass is 79.9. The van der Waals surface area contributed by atoms with Crippen LogP contribution in [0, 0.1) is 0 Å². The molecule has 0 unspecified atom stereocenters. The van der Waals surface area contributed by atoms with Crippen molar-refractivity contribution >= 4 is 38.9 Å². The molecule has 0 aliphatic heterocycles. The summed E-state index contributed by atoms with van der Waals surface area (Å²) in [5, 5.41) is 6.72. The van der Waals surface area contributed by atoms with Crippen LogP contribution in [0.25, 0.3) is 0 Å². The number of ether oxygens (including phenoxy) is 2. The highest BCUT2D eigenvalue weighted by Gasteiger charge is 2.00. The summed E-state index contributed by atoms with van der Waals surface area (Å²) in [6.45, 7) is 1.29. The first kappa shape index (κ1) is 16.7. The number of nitrogens with one attached hydrogen (secondary N) is 2. The number of hydrogen-bond donors (Lipinski definition) is 2. The van der Waals surface area contributed by atoms with E-state index in [1.807, 2.05) is 48.5 Å². The lowest BCUT2D eigenvalue weighted by Crippen LogP contribution is -2.31. The molecule has 0 amide bonds. The Balaban J connectivity index is 1.87. The fourth-order valence-electron chi connectivity index (χ4n) is 1.69. The molecule has 0 aliphatic carbocycles. The summed E-state index contributed by atoms with van der Waals surface area (Å²) in [5.41, 5.74) is 0.901. The molecule has 2 aromatic rings. The van der Waals surface area contributed by atoms with Crippen molar-refractivity contribution in [2.75, 3.05) is 25.6 Å². The van der Waals surface area contributed by atoms with Gasteiger partial charge in [0.1, 0.15) is 11.5 Å². The number of anilines is 1. The highest BCUT2D eigenvalue weighted by molar-refractivity contribution is 9.10. The van der Waals surface area contributed by atoms with Crippen LogP contribution in [0.4, 0.5) is 5.69 Å². The van der Waals surface area contributed by atoms with E-state index in [1.165, 1.54) is 0 Å². The Morgan fingerprint density at radius 3 is 2.23 bits per heavy atom. The summed E-state index contributed by atoms with van der Waals surface area (Å²) in [6, 6.07) is 15.3. The van der Waals surface area contributed by atoms with Crippen molar-refractivity contribution in [2.45, 2.75) is 0 Å². The molecule has 116 valence electrons. The lowest BCUT2D eigenvalue weighted by molar-refractivity contribution is 0.204. The van der Waals surface area contributed by atoms with Gasteiger partial charge in [0, 0.05) is 23.8 Å². The van der Waals surface area contributed by atoms with E-state index in [2.05, 4.69) is 26.6 Å². The predicted octanol–water partition coefficient (Wildman–Crippen LogP) is 4.17. The van der Waals surface area contributed by atoms with E-state index >= 15 is 0 Å². The zero-order valence-electron chi connectivity index (χ0n) is 12.1. The van der Waals surface area contributed by atoms with Crippen LogP contribution in [-0.2, 0) is 4.74 Å². The quantitative estimate of drug-likeness (QED) is 0.581. The molecule has 0 atom stereocenters. The highest BCUT2D eigenvalue weighted by Crippen LogP contribution is 2.24. The average Bonchev–Trinajstić information content (AvgIpc) is 2.52. The zero-order chi connectivity index (χ0) is 15.8. The fourth-order valence-corrected chi connectivity index (χ4v) is 2.17. The lowest BCUT2D eigenvalue weighted by Gasteiger charge is -2.11. The van der Waals surface area contributed by atoms with Crippen molar-refractivity contribution in [2.24, 2.45) is 0 Å². The fraction of sp³-hybridized carbons (Fsp3) is 0.188. The average molecular weight is 381 g/mol. The van der Waals surface area contributed by atoms with Gasteiger partial charge in [-0.05, 0) is 60.7 Å². The van der Waals surface area contributed by atoms with Crippen LogP contribution in [-0.4, -0.2) is 25.4 Å². The van der Waals surface area contributed by atoms with Gasteiger partial charge in [-0.1, -0.05) is 15.9 Å². The third-order valence-corrected chi connectivity index (χ3v) is 3.53. The van der Waals surface area contributed by atoms with Crippen molar-refractivity contribution < 1.29 is 9.47 Å². The summed E-state index contributed by atoms with van der Waals surface area (Å²) in [7, 11) is 1.66. The molecule has 0 saturated heterocycles. The molecular weight excluding hydrogens is 364 g/mol. The van der Waals surface area contributed by atoms with Crippen molar-refractivity contribution in [1.82, 2.24) is 5.32 Å². The van der Waals surface area contributed by atoms with E-state index in [9.17, 15) is 0 Å². The maximum atomic E-state index is 5.76. The molecule has 0 bridgehead atoms. The topological polar surface area (TPSA) is 42.5 Å². The molecule has 0 heterocycles. The molecule has 0 aliphatic rings. The maximum absolute atomic E-state index is 5.76. The predicted molar refractivity (Wildman–Crippen MR) is 96.8 cm³/mol. The standard InChI is InChI=1S/C16H17BrN2O2S/c1-20-11-10-18-16(22)19-13-4-8-15(9-5-13)21-14-6-2-12(17)3-7-14/h2-9H,10-11H2,1H3,(H2,18,19,22). The van der Waals surface area contributed by atoms with Crippen LogP contribution in [0.15, 0.2) is 53.0 Å². The minimum atomic E-state index is 0.568. The van der Waals surface area contributed by atoms with E-state index in [0.717, 1.165) is 21.7 Å². The van der Waals surface area contributed by atoms with Gasteiger partial charge in [0.2, 0.25) is 0 Å². The van der Waals surface area contributed by atoms with Crippen molar-refractivity contribution in [3.63, 3.8) is 0 Å². The second kappa shape index (κ2) is 8.73. The third-order valence-electron chi connectivity index (χ3n) is 2.75. The van der Waals surface area contributed by atoms with E-state index in [4.69, 9.17) is 21.7 Å². The van der Waals surface area contributed by atoms with E-state index < -0.39 is 0 Å². The number of halogens is 1. The SMILES string of the molecule is COCCNC(=S)Nc1ccc(Oc2ccc(Br)cc2)cc1. The number of methoxy groups -OCH3 is 1. The van der Waals surface area contributed by atoms with Gasteiger partial charge in [0.05, 0.1) is 6.61 Å². The van der Waals surface area contributed by atoms with E-state index in [1.54, 1.807) is 7.11 Å². The Morgan fingerprint density at radius 2 is 1.64 bits per heavy atom. The summed E-state index contributed by atoms with van der Waals surface area (Å²) in [6.07, 6.45) is 0. The first-order valence-corrected chi connectivity index (χ1v) is 7.95. The van der Waals surface area contributed by atoms with Gasteiger partial charge < -0.3 is 20.1 Å². The van der Waals surface area contributed by atoms with Crippen molar-refractivity contribution in [1.29, 1.82) is 0 Å². The largest absolute Gasteiger partial charge is 0.457 e. The van der Waals surface area contributed by atoms with Crippen LogP contribution in [0.2, 0.25) is 0 Å². The molecule has 6 heteroatoms. The number of rotatable bonds is 6. The molecule has 0 radical (unpaired) electrons. The zero-order valence-corrected chi connectivity index (χ0v) is 14.5. The number of hydrogen-bond acceptors (Lipinski definition) is 3. The number of thiocarbonyl (C=S) groups is 1. The molecule has 0 aromatic heterocycles. The minimum Gasteiger partial charge on any atom is -0.457 e. The van der Waals surface area contributed by atoms with E-state index in [-0.39, 0.29) is 0 Å². The molecule has 2 N–H and O–H groups in total. The molecule has 0 saturated carbocycles. The summed E-state index contributed by atoms with van der Waals surface area (Å²) in [5.74, 6) is 1.56. The molecule has 0 fully saturated rings. The molecule has 2 aromatic carbocycles. The Bertz CT molecular complexity index is 603. The van der Waals surface area contributed by atoms with Crippen LogP contribution >= 0.6 is 28.1 Å². The summed E-state index contributed by atoms with van der Waals surface area (Å²) < 4.78 is 11.7. The first-order valence-electron chi connectivity index (χ1n) is 6.74. The van der Waals surface area contributed by atoms with Gasteiger partial charge in [-0.2, -0.15) is 0 Å². The van der Waals surface area contributed by atoms with Crippen LogP contribution in [0.1, 0.15) is 0 Å². The molecule has 0 spiro atoms. The van der Waals surface area contributed by atoms with Gasteiger partial charge in [0.15, 0.2) is 5.11 Å². The lowest BCUT2D eigenvalue weighted by atomic mass is 10.3. The minimum absolute atomic E-state index is 0.568. The monoisotopic (exact) mass is 380 g/mol. The van der Waals surface area contributed by atoms with Gasteiger partial charge in [0.25, 0.3) is 0 Å². The molecule has 4 nitrogen and oxygen atoms in total. The molecule has 2 rings (SSSR count). The van der Waals surface area contributed by atoms with Crippen LogP contribution in [0.3, 0.4) is 0 Å². The van der Waals surface area contributed by atoms with E-state index in [0.29, 0.717) is 18.3 Å². The molecule has 22 heavy (non-hydrogen) atoms. The third kappa shape index (κ3) is 5.63. The van der Waals surface area contributed by atoms with Crippen molar-refractivity contribution in [3.8, 4) is 11.5 Å². The Labute approximate surface area is 144 Å². The van der Waals surface area contributed by atoms with Gasteiger partial charge in [-0.15, -0.1) is 0 Å². The maximum Gasteiger partial charge on any atom is 0.170 e. The number of benzene rings is 2. The smallest absolute Gasteiger partial charge is 0.170 e. The summed E-state index contributed by atoms with van der Waals surface area (Å²) >= 11 is 8.58. The second-order valence-electron chi connectivity index (χ2n) is 4.45. The Kier molecular flexibility index (Phi) is 6.64.